The highest BCUT2D eigenvalue weighted by atomic mass is 32.2. The highest BCUT2D eigenvalue weighted by molar-refractivity contribution is 7.99. The third-order valence-electron chi connectivity index (χ3n) is 2.53. The van der Waals surface area contributed by atoms with E-state index in [0.717, 1.165) is 0 Å². The minimum absolute atomic E-state index is 0.0155. The molecule has 0 aromatic carbocycles. The largest absolute Gasteiger partial charge is 0.344 e. The number of hydrogen-bond donors (Lipinski definition) is 1. The molecule has 7 heteroatoms. The summed E-state index contributed by atoms with van der Waals surface area (Å²) < 4.78 is 1.53. The van der Waals surface area contributed by atoms with Crippen molar-refractivity contribution in [3.8, 4) is 0 Å². The highest BCUT2D eigenvalue weighted by Crippen LogP contribution is 2.27. The van der Waals surface area contributed by atoms with Gasteiger partial charge in [-0.1, -0.05) is 0 Å². The molecular formula is C12H14N4O2S. The van der Waals surface area contributed by atoms with Crippen LogP contribution >= 0.6 is 11.8 Å². The Morgan fingerprint density at radius 3 is 2.84 bits per heavy atom. The van der Waals surface area contributed by atoms with Gasteiger partial charge in [0.05, 0.1) is 0 Å². The smallest absolute Gasteiger partial charge is 0.294 e. The second-order valence-corrected chi connectivity index (χ2v) is 5.25. The Morgan fingerprint density at radius 1 is 1.47 bits per heavy atom. The first-order valence-corrected chi connectivity index (χ1v) is 6.63. The van der Waals surface area contributed by atoms with Crippen LogP contribution in [0.15, 0.2) is 33.3 Å². The van der Waals surface area contributed by atoms with E-state index in [0.29, 0.717) is 15.7 Å². The first kappa shape index (κ1) is 13.5. The lowest BCUT2D eigenvalue weighted by Crippen LogP contribution is -2.19. The number of nitrogens with zero attached hydrogens (tertiary/aromatic N) is 3. The second-order valence-electron chi connectivity index (χ2n) is 4.29. The Bertz CT molecular complexity index is 660. The summed E-state index contributed by atoms with van der Waals surface area (Å²) in [6.07, 6.45) is 1.61. The fourth-order valence-corrected chi connectivity index (χ4v) is 2.74. The van der Waals surface area contributed by atoms with Gasteiger partial charge < -0.3 is 0 Å². The zero-order chi connectivity index (χ0) is 14.0. The number of H-pyrrole nitrogens is 1. The fraction of sp³-hybridized carbons (Fsp3) is 0.333. The quantitative estimate of drug-likeness (QED) is 0.864. The molecule has 0 aliphatic carbocycles. The van der Waals surface area contributed by atoms with Gasteiger partial charge in [0.2, 0.25) is 0 Å². The van der Waals surface area contributed by atoms with Crippen molar-refractivity contribution in [3.05, 3.63) is 34.4 Å². The van der Waals surface area contributed by atoms with Gasteiger partial charge in [-0.3, -0.25) is 9.36 Å². The van der Waals surface area contributed by atoms with Crippen molar-refractivity contribution < 1.29 is 4.79 Å². The molecule has 6 nitrogen and oxygen atoms in total. The third-order valence-corrected chi connectivity index (χ3v) is 3.52. The van der Waals surface area contributed by atoms with E-state index in [-0.39, 0.29) is 17.5 Å². The van der Waals surface area contributed by atoms with Gasteiger partial charge in [-0.25, -0.2) is 14.9 Å². The molecule has 0 amide bonds. The number of carbonyl (C=O) groups is 1. The predicted octanol–water partition coefficient (Wildman–Crippen LogP) is 1.90. The summed E-state index contributed by atoms with van der Waals surface area (Å²) in [5.41, 5.74) is 0.260. The van der Waals surface area contributed by atoms with Gasteiger partial charge in [-0.05, 0) is 44.7 Å². The molecule has 0 aliphatic rings. The van der Waals surface area contributed by atoms with Crippen LogP contribution in [0.5, 0.6) is 0 Å². The number of ketones is 1. The molecule has 100 valence electrons. The lowest BCUT2D eigenvalue weighted by molar-refractivity contribution is 0.101. The van der Waals surface area contributed by atoms with Crippen LogP contribution in [0.3, 0.4) is 0 Å². The molecule has 2 aromatic rings. The molecule has 0 saturated carbocycles. The number of rotatable bonds is 4. The van der Waals surface area contributed by atoms with E-state index in [2.05, 4.69) is 15.2 Å². The maximum Gasteiger partial charge on any atom is 0.344 e. The SMILES string of the molecule is CC(=O)c1cccnc1Sc1n[nH]c(=O)n1C(C)C. The van der Waals surface area contributed by atoms with Crippen molar-refractivity contribution in [2.75, 3.05) is 0 Å². The van der Waals surface area contributed by atoms with E-state index in [1.54, 1.807) is 18.3 Å². The summed E-state index contributed by atoms with van der Waals surface area (Å²) in [7, 11) is 0. The number of aromatic amines is 1. The molecule has 2 aromatic heterocycles. The molecule has 0 radical (unpaired) electrons. The third kappa shape index (κ3) is 2.76. The van der Waals surface area contributed by atoms with Crippen LogP contribution in [-0.4, -0.2) is 25.5 Å². The van der Waals surface area contributed by atoms with E-state index in [1.807, 2.05) is 13.8 Å². The summed E-state index contributed by atoms with van der Waals surface area (Å²) in [6.45, 7) is 5.28. The van der Waals surface area contributed by atoms with Gasteiger partial charge in [0, 0.05) is 17.8 Å². The van der Waals surface area contributed by atoms with Crippen molar-refractivity contribution in [1.82, 2.24) is 19.7 Å². The standard InChI is InChI=1S/C12H14N4O2S/c1-7(2)16-11(18)14-15-12(16)19-10-9(8(3)17)5-4-6-13-10/h4-7H,1-3H3,(H,14,18). The number of Topliss-reactive ketones (excluding diaryl/α,β-unsaturated/α-hetero) is 1. The zero-order valence-electron chi connectivity index (χ0n) is 10.9. The van der Waals surface area contributed by atoms with Crippen molar-refractivity contribution in [1.29, 1.82) is 0 Å². The maximum atomic E-state index is 11.6. The molecule has 19 heavy (non-hydrogen) atoms. The van der Waals surface area contributed by atoms with Crippen LogP contribution in [0.4, 0.5) is 0 Å². The Hall–Kier alpha value is -1.89. The van der Waals surface area contributed by atoms with Crippen LogP contribution in [0.25, 0.3) is 0 Å². The number of pyridine rings is 1. The van der Waals surface area contributed by atoms with Crippen LogP contribution in [0, 0.1) is 0 Å². The fourth-order valence-electron chi connectivity index (χ4n) is 1.64. The first-order valence-electron chi connectivity index (χ1n) is 5.81. The molecule has 0 fully saturated rings. The van der Waals surface area contributed by atoms with Gasteiger partial charge in [-0.15, -0.1) is 5.10 Å². The van der Waals surface area contributed by atoms with Crippen LogP contribution < -0.4 is 5.69 Å². The van der Waals surface area contributed by atoms with Crippen LogP contribution in [-0.2, 0) is 0 Å². The first-order chi connectivity index (χ1) is 9.00. The monoisotopic (exact) mass is 278 g/mol. The average molecular weight is 278 g/mol. The van der Waals surface area contributed by atoms with Crippen molar-refractivity contribution in [2.45, 2.75) is 37.0 Å². The number of aromatic nitrogens is 4. The molecule has 0 unspecified atom stereocenters. The molecule has 1 N–H and O–H groups in total. The normalized spacial score (nSPS) is 10.9. The lowest BCUT2D eigenvalue weighted by atomic mass is 10.2. The number of hydrogen-bond acceptors (Lipinski definition) is 5. The molecule has 0 atom stereocenters. The number of nitrogens with one attached hydrogen (secondary N) is 1. The van der Waals surface area contributed by atoms with Crippen molar-refractivity contribution in [3.63, 3.8) is 0 Å². The minimum Gasteiger partial charge on any atom is -0.294 e. The van der Waals surface area contributed by atoms with Gasteiger partial charge in [-0.2, -0.15) is 0 Å². The summed E-state index contributed by atoms with van der Waals surface area (Å²) in [5.74, 6) is -0.0652. The Kier molecular flexibility index (Phi) is 3.84. The van der Waals surface area contributed by atoms with Crippen molar-refractivity contribution in [2.24, 2.45) is 0 Å². The van der Waals surface area contributed by atoms with E-state index in [9.17, 15) is 9.59 Å². The minimum atomic E-state index is -0.266. The van der Waals surface area contributed by atoms with E-state index in [4.69, 9.17) is 0 Å². The van der Waals surface area contributed by atoms with E-state index < -0.39 is 0 Å². The lowest BCUT2D eigenvalue weighted by Gasteiger charge is -2.09. The highest BCUT2D eigenvalue weighted by Gasteiger charge is 2.16. The van der Waals surface area contributed by atoms with Crippen LogP contribution in [0.1, 0.15) is 37.2 Å². The van der Waals surface area contributed by atoms with Gasteiger partial charge in [0.15, 0.2) is 10.9 Å². The van der Waals surface area contributed by atoms with Crippen molar-refractivity contribution >= 4 is 17.5 Å². The average Bonchev–Trinajstić information content (AvgIpc) is 2.71. The van der Waals surface area contributed by atoms with Gasteiger partial charge in [0.1, 0.15) is 5.03 Å². The second kappa shape index (κ2) is 5.40. The van der Waals surface area contributed by atoms with Gasteiger partial charge >= 0.3 is 5.69 Å². The molecular weight excluding hydrogens is 264 g/mol. The molecule has 0 bridgehead atoms. The summed E-state index contributed by atoms with van der Waals surface area (Å²) in [6, 6.07) is 3.40. The summed E-state index contributed by atoms with van der Waals surface area (Å²) >= 11 is 1.21. The van der Waals surface area contributed by atoms with Crippen LogP contribution in [0.2, 0.25) is 0 Å². The molecule has 0 aliphatic heterocycles. The Balaban J connectivity index is 2.43. The topological polar surface area (TPSA) is 80.6 Å². The number of carbonyl (C=O) groups excluding carboxylic acids is 1. The summed E-state index contributed by atoms with van der Waals surface area (Å²) in [4.78, 5) is 27.3. The Labute approximate surface area is 114 Å². The molecule has 2 rings (SSSR count). The van der Waals surface area contributed by atoms with E-state index >= 15 is 0 Å². The van der Waals surface area contributed by atoms with E-state index in [1.165, 1.54) is 23.3 Å². The maximum absolute atomic E-state index is 11.6. The molecule has 0 saturated heterocycles. The summed E-state index contributed by atoms with van der Waals surface area (Å²) in [5, 5.41) is 7.43. The zero-order valence-corrected chi connectivity index (χ0v) is 11.7. The van der Waals surface area contributed by atoms with Gasteiger partial charge in [0.25, 0.3) is 0 Å². The Morgan fingerprint density at radius 2 is 2.21 bits per heavy atom. The molecule has 2 heterocycles. The predicted molar refractivity (Wildman–Crippen MR) is 71.6 cm³/mol. The molecule has 0 spiro atoms.